The Morgan fingerprint density at radius 1 is 0.903 bits per heavy atom. The van der Waals surface area contributed by atoms with Crippen molar-refractivity contribution in [2.75, 3.05) is 0 Å². The van der Waals surface area contributed by atoms with E-state index in [9.17, 15) is 13.2 Å². The van der Waals surface area contributed by atoms with Gasteiger partial charge in [-0.3, -0.25) is 0 Å². The van der Waals surface area contributed by atoms with Crippen LogP contribution in [0.3, 0.4) is 0 Å². The molecule has 9 heteroatoms. The van der Waals surface area contributed by atoms with Crippen LogP contribution in [0.2, 0.25) is 0 Å². The van der Waals surface area contributed by atoms with E-state index in [1.165, 1.54) is 0 Å². The summed E-state index contributed by atoms with van der Waals surface area (Å²) >= 11 is 0. The Hall–Kier alpha value is -3.72. The van der Waals surface area contributed by atoms with E-state index in [0.29, 0.717) is 24.1 Å². The van der Waals surface area contributed by atoms with Gasteiger partial charge in [-0.25, -0.2) is 18.3 Å². The summed E-state index contributed by atoms with van der Waals surface area (Å²) in [6.45, 7) is 0. The van der Waals surface area contributed by atoms with Crippen molar-refractivity contribution < 1.29 is 17.9 Å². The molecule has 0 saturated heterocycles. The van der Waals surface area contributed by atoms with E-state index >= 15 is 0 Å². The molecular weight excluding hydrogens is 407 g/mol. The fourth-order valence-corrected chi connectivity index (χ4v) is 3.80. The van der Waals surface area contributed by atoms with E-state index in [-0.39, 0.29) is 5.56 Å². The number of aromatic nitrogens is 4. The molecule has 31 heavy (non-hydrogen) atoms. The fourth-order valence-electron chi connectivity index (χ4n) is 3.80. The maximum Gasteiger partial charge on any atom is 0.179 e. The van der Waals surface area contributed by atoms with Gasteiger partial charge >= 0.3 is 0 Å². The Kier molecular flexibility index (Phi) is 4.67. The van der Waals surface area contributed by atoms with Crippen LogP contribution in [0, 0.1) is 17.5 Å². The minimum atomic E-state index is -1.25. The number of nitrogens with two attached hydrogens (primary N) is 1. The zero-order chi connectivity index (χ0) is 21.5. The van der Waals surface area contributed by atoms with Gasteiger partial charge in [-0.2, -0.15) is 0 Å². The first kappa shape index (κ1) is 19.3. The molecule has 0 amide bonds. The van der Waals surface area contributed by atoms with E-state index in [0.717, 1.165) is 28.3 Å². The average molecular weight is 423 g/mol. The highest BCUT2D eigenvalue weighted by Crippen LogP contribution is 2.38. The first-order valence-electron chi connectivity index (χ1n) is 9.54. The molecule has 1 aromatic heterocycles. The summed E-state index contributed by atoms with van der Waals surface area (Å²) in [7, 11) is 0. The second-order valence-electron chi connectivity index (χ2n) is 7.35. The Bertz CT molecular complexity index is 1260. The van der Waals surface area contributed by atoms with Gasteiger partial charge < -0.3 is 10.5 Å². The zero-order valence-corrected chi connectivity index (χ0v) is 16.0. The number of tetrazole rings is 1. The lowest BCUT2D eigenvalue weighted by molar-refractivity contribution is 0.148. The molecule has 156 valence electrons. The number of ether oxygens (including phenoxy) is 1. The van der Waals surface area contributed by atoms with Crippen molar-refractivity contribution in [3.63, 3.8) is 0 Å². The molecule has 1 aliphatic rings. The first-order valence-corrected chi connectivity index (χ1v) is 9.54. The topological polar surface area (TPSA) is 89.7 Å². The SMILES string of the molecule is NC1Cc2cc(-c3cccc(-c4nnn[nH]4)c3)ccc2OC1c1cc(F)c(F)cc1F. The van der Waals surface area contributed by atoms with Gasteiger partial charge in [-0.15, -0.1) is 5.10 Å². The molecule has 0 radical (unpaired) electrons. The number of nitrogens with zero attached hydrogens (tertiary/aromatic N) is 3. The van der Waals surface area contributed by atoms with Gasteiger partial charge in [0.1, 0.15) is 17.7 Å². The average Bonchev–Trinajstić information content (AvgIpc) is 3.31. The minimum Gasteiger partial charge on any atom is -0.484 e. The van der Waals surface area contributed by atoms with Crippen LogP contribution in [-0.2, 0) is 6.42 Å². The summed E-state index contributed by atoms with van der Waals surface area (Å²) in [6.07, 6.45) is -0.534. The zero-order valence-electron chi connectivity index (χ0n) is 16.0. The number of hydrogen-bond acceptors (Lipinski definition) is 5. The molecular formula is C22H16F3N5O. The molecule has 6 nitrogen and oxygen atoms in total. The molecule has 3 N–H and O–H groups in total. The van der Waals surface area contributed by atoms with E-state index in [2.05, 4.69) is 20.6 Å². The molecule has 0 aliphatic carbocycles. The highest BCUT2D eigenvalue weighted by molar-refractivity contribution is 5.71. The first-order chi connectivity index (χ1) is 15.0. The molecule has 0 spiro atoms. The van der Waals surface area contributed by atoms with Crippen LogP contribution >= 0.6 is 0 Å². The lowest BCUT2D eigenvalue weighted by Crippen LogP contribution is -2.38. The Labute approximate surface area is 174 Å². The molecule has 0 bridgehead atoms. The highest BCUT2D eigenvalue weighted by atomic mass is 19.2. The maximum absolute atomic E-state index is 14.2. The number of fused-ring (bicyclic) bond motifs is 1. The summed E-state index contributed by atoms with van der Waals surface area (Å²) in [6, 6.07) is 14.0. The molecule has 2 atom stereocenters. The molecule has 0 fully saturated rings. The second-order valence-corrected chi connectivity index (χ2v) is 7.35. The van der Waals surface area contributed by atoms with Crippen molar-refractivity contribution in [2.45, 2.75) is 18.6 Å². The quantitative estimate of drug-likeness (QED) is 0.487. The summed E-state index contributed by atoms with van der Waals surface area (Å²) in [4.78, 5) is 0. The summed E-state index contributed by atoms with van der Waals surface area (Å²) in [5.41, 5.74) is 9.68. The van der Waals surface area contributed by atoms with Crippen LogP contribution < -0.4 is 10.5 Å². The van der Waals surface area contributed by atoms with Crippen LogP contribution in [0.15, 0.2) is 54.6 Å². The number of hydrogen-bond donors (Lipinski definition) is 2. The normalized spacial score (nSPS) is 17.8. The second kappa shape index (κ2) is 7.51. The van der Waals surface area contributed by atoms with Crippen LogP contribution in [-0.4, -0.2) is 26.7 Å². The lowest BCUT2D eigenvalue weighted by atomic mass is 9.91. The molecule has 0 saturated carbocycles. The van der Waals surface area contributed by atoms with Gasteiger partial charge in [0, 0.05) is 17.2 Å². The van der Waals surface area contributed by atoms with Crippen molar-refractivity contribution in [3.05, 3.63) is 83.2 Å². The van der Waals surface area contributed by atoms with Crippen molar-refractivity contribution in [3.8, 4) is 28.3 Å². The summed E-state index contributed by atoms with van der Waals surface area (Å²) in [5.74, 6) is -2.20. The van der Waals surface area contributed by atoms with Crippen LogP contribution in [0.5, 0.6) is 5.75 Å². The predicted octanol–water partition coefficient (Wildman–Crippen LogP) is 3.95. The molecule has 4 aromatic rings. The van der Waals surface area contributed by atoms with E-state index < -0.39 is 29.6 Å². The van der Waals surface area contributed by atoms with E-state index in [1.807, 2.05) is 36.4 Å². The van der Waals surface area contributed by atoms with Crippen molar-refractivity contribution >= 4 is 0 Å². The van der Waals surface area contributed by atoms with Crippen LogP contribution in [0.25, 0.3) is 22.5 Å². The lowest BCUT2D eigenvalue weighted by Gasteiger charge is -2.32. The smallest absolute Gasteiger partial charge is 0.179 e. The predicted molar refractivity (Wildman–Crippen MR) is 106 cm³/mol. The number of H-pyrrole nitrogens is 1. The summed E-state index contributed by atoms with van der Waals surface area (Å²) in [5, 5.41) is 13.8. The minimum absolute atomic E-state index is 0.102. The number of rotatable bonds is 3. The third-order valence-corrected chi connectivity index (χ3v) is 5.32. The van der Waals surface area contributed by atoms with Crippen molar-refractivity contribution in [1.29, 1.82) is 0 Å². The largest absolute Gasteiger partial charge is 0.484 e. The van der Waals surface area contributed by atoms with E-state index in [1.54, 1.807) is 6.07 Å². The van der Waals surface area contributed by atoms with Gasteiger partial charge in [0.25, 0.3) is 0 Å². The molecule has 2 unspecified atom stereocenters. The molecule has 2 heterocycles. The van der Waals surface area contributed by atoms with Gasteiger partial charge in [0.15, 0.2) is 17.5 Å². The van der Waals surface area contributed by atoms with Gasteiger partial charge in [-0.05, 0) is 57.8 Å². The number of benzene rings is 3. The Morgan fingerprint density at radius 3 is 2.48 bits per heavy atom. The van der Waals surface area contributed by atoms with E-state index in [4.69, 9.17) is 10.5 Å². The number of nitrogens with one attached hydrogen (secondary N) is 1. The third kappa shape index (κ3) is 3.53. The monoisotopic (exact) mass is 423 g/mol. The molecule has 1 aliphatic heterocycles. The Balaban J connectivity index is 1.46. The fraction of sp³-hybridized carbons (Fsp3) is 0.136. The van der Waals surface area contributed by atoms with Crippen molar-refractivity contribution in [1.82, 2.24) is 20.6 Å². The molecule has 3 aromatic carbocycles. The Morgan fingerprint density at radius 2 is 1.68 bits per heavy atom. The van der Waals surface area contributed by atoms with Crippen LogP contribution in [0.1, 0.15) is 17.2 Å². The number of halogens is 3. The van der Waals surface area contributed by atoms with Gasteiger partial charge in [0.05, 0.1) is 6.04 Å². The van der Waals surface area contributed by atoms with Gasteiger partial charge in [0.2, 0.25) is 0 Å². The standard InChI is InChI=1S/C22H16F3N5O/c23-16-10-18(25)17(24)9-15(16)21-19(26)8-14-7-12(4-5-20(14)31-21)11-2-1-3-13(6-11)22-27-29-30-28-22/h1-7,9-10,19,21H,8,26H2,(H,27,28,29,30). The van der Waals surface area contributed by atoms with Crippen molar-refractivity contribution in [2.24, 2.45) is 5.73 Å². The maximum atomic E-state index is 14.2. The molecule has 5 rings (SSSR count). The third-order valence-electron chi connectivity index (χ3n) is 5.32. The number of aromatic amines is 1. The highest BCUT2D eigenvalue weighted by Gasteiger charge is 2.32. The van der Waals surface area contributed by atoms with Crippen LogP contribution in [0.4, 0.5) is 13.2 Å². The van der Waals surface area contributed by atoms with Gasteiger partial charge in [-0.1, -0.05) is 24.3 Å². The summed E-state index contributed by atoms with van der Waals surface area (Å²) < 4.78 is 47.1.